The van der Waals surface area contributed by atoms with Crippen LogP contribution in [0.5, 0.6) is 0 Å². The maximum Gasteiger partial charge on any atom is 1.00 e. The van der Waals surface area contributed by atoms with Crippen molar-refractivity contribution >= 4 is 79.7 Å². The first kappa shape index (κ1) is 63.6. The van der Waals surface area contributed by atoms with E-state index < -0.39 is 82.3 Å². The largest absolute Gasteiger partial charge is 1.00 e. The number of H-pyrrole nitrogens is 1. The minimum absolute atomic E-state index is 0. The van der Waals surface area contributed by atoms with E-state index in [0.29, 0.717) is 35.5 Å². The summed E-state index contributed by atoms with van der Waals surface area (Å²) < 4.78 is 83.5. The van der Waals surface area contributed by atoms with Gasteiger partial charge >= 0.3 is 206 Å². The fraction of sp³-hybridized carbons (Fsp3) is 0.548. The van der Waals surface area contributed by atoms with Crippen molar-refractivity contribution in [1.82, 2.24) is 30.3 Å². The van der Waals surface area contributed by atoms with Crippen molar-refractivity contribution in [1.29, 1.82) is 0 Å². The molecule has 4 aliphatic rings. The number of rotatable bonds is 16. The van der Waals surface area contributed by atoms with Crippen LogP contribution in [0.1, 0.15) is 73.5 Å². The van der Waals surface area contributed by atoms with Crippen molar-refractivity contribution in [3.05, 3.63) is 51.1 Å². The molecule has 1 aromatic heterocycles. The third-order valence-corrected chi connectivity index (χ3v) is 14.4. The number of nitrogens with one attached hydrogen (secondary N) is 3. The molecule has 1 saturated heterocycles. The molecular weight excluding hydrogens is 1030 g/mol. The monoisotopic (exact) mass is 1060 g/mol. The van der Waals surface area contributed by atoms with Crippen LogP contribution in [0, 0.1) is 0 Å². The summed E-state index contributed by atoms with van der Waals surface area (Å²) >= 11 is 1.13. The Morgan fingerprint density at radius 1 is 0.841 bits per heavy atom. The van der Waals surface area contributed by atoms with E-state index in [1.54, 1.807) is 0 Å². The van der Waals surface area contributed by atoms with E-state index >= 15 is 0 Å². The van der Waals surface area contributed by atoms with E-state index in [-0.39, 0.29) is 285 Å². The van der Waals surface area contributed by atoms with Gasteiger partial charge in [-0.1, -0.05) is 0 Å². The molecule has 3 heterocycles. The molecule has 6 atom stereocenters. The Kier molecular flexibility index (Phi) is 29.5. The maximum absolute atomic E-state index is 14.0. The molecule has 4 amide bonds. The standard InChI is InChI=1S/C31H41N7O17S4.4K/c1-32-28(40)26-19(30(42)37(34-26)21-14-17(56-54-52-44)7-11-23(21)58(46,47)48)9-5-16(36-13-3-4-25(36)39)6-10-20-27(29(41)33-2)35-38(31(20)43)22-15-18(57-55-53-45)8-12-24(22)59(49,50)51;;;;/h5-6,9-10,17-18,21-24,34,44-45H,3-4,7-8,11-15H2,1-2H3,(H,32,40)(H,33,41)(H,46,47,48)(H,49,50,51);;;;/q;4*+1/p-4/b9-5+,16-6-,20-10-;;;;. The van der Waals surface area contributed by atoms with Crippen LogP contribution in [0.15, 0.2) is 39.4 Å². The van der Waals surface area contributed by atoms with Gasteiger partial charge in [0.25, 0.3) is 23.3 Å². The molecule has 326 valence electrons. The quantitative estimate of drug-likeness (QED) is 0.0263. The van der Waals surface area contributed by atoms with Gasteiger partial charge in [0, 0.05) is 67.3 Å². The Morgan fingerprint density at radius 3 is 1.87 bits per heavy atom. The Hall–Kier alpha value is 2.61. The van der Waals surface area contributed by atoms with Crippen LogP contribution in [-0.2, 0) is 53.4 Å². The van der Waals surface area contributed by atoms with E-state index in [1.807, 2.05) is 0 Å². The van der Waals surface area contributed by atoms with Crippen LogP contribution in [0.3, 0.4) is 0 Å². The first-order valence-corrected chi connectivity index (χ1v) is 22.2. The van der Waals surface area contributed by atoms with Crippen molar-refractivity contribution in [2.75, 3.05) is 20.6 Å². The van der Waals surface area contributed by atoms with Crippen LogP contribution in [0.2, 0.25) is 0 Å². The molecule has 0 radical (unpaired) electrons. The summed E-state index contributed by atoms with van der Waals surface area (Å²) in [5.74, 6) is -3.07. The topological polar surface area (TPSA) is 346 Å². The zero-order valence-electron chi connectivity index (χ0n) is 35.0. The Labute approximate surface area is 540 Å². The van der Waals surface area contributed by atoms with Gasteiger partial charge in [0.2, 0.25) is 5.91 Å². The number of aromatic nitrogens is 2. The molecular formula is C31H37K4N7O17S4. The van der Waals surface area contributed by atoms with Gasteiger partial charge < -0.3 is 35.2 Å². The van der Waals surface area contributed by atoms with E-state index in [0.717, 1.165) is 16.8 Å². The van der Waals surface area contributed by atoms with Crippen molar-refractivity contribution in [3.8, 4) is 0 Å². The first-order valence-electron chi connectivity index (χ1n) is 17.7. The van der Waals surface area contributed by atoms with E-state index in [4.69, 9.17) is 0 Å². The number of allylic oxidation sites excluding steroid dienone is 3. The molecule has 0 bridgehead atoms. The average molecular weight is 1060 g/mol. The third kappa shape index (κ3) is 16.3. The number of likely N-dealkylation sites (tertiary alicyclic amines) is 1. The van der Waals surface area contributed by atoms with Crippen LogP contribution < -0.4 is 232 Å². The van der Waals surface area contributed by atoms with Gasteiger partial charge in [0.15, 0.2) is 5.71 Å². The van der Waals surface area contributed by atoms with E-state index in [9.17, 15) is 60.4 Å². The summed E-state index contributed by atoms with van der Waals surface area (Å²) in [6.07, 6.45) is 4.61. The summed E-state index contributed by atoms with van der Waals surface area (Å²) in [6.45, 7) is 0.160. The van der Waals surface area contributed by atoms with E-state index in [1.165, 1.54) is 31.1 Å². The predicted octanol–water partition coefficient (Wildman–Crippen LogP) is -14.5. The summed E-state index contributed by atoms with van der Waals surface area (Å²) in [4.78, 5) is 68.3. The third-order valence-electron chi connectivity index (χ3n) is 10.2. The summed E-state index contributed by atoms with van der Waals surface area (Å²) in [6, 6.07) is -2.75. The number of carbonyl (C=O) groups is 4. The number of carbonyl (C=O) groups excluding carboxylic acids is 4. The van der Waals surface area contributed by atoms with Crippen molar-refractivity contribution in [2.45, 2.75) is 84.5 Å². The normalized spacial score (nSPS) is 24.9. The number of amides is 4. The van der Waals surface area contributed by atoms with Crippen molar-refractivity contribution in [3.63, 3.8) is 0 Å². The zero-order valence-corrected chi connectivity index (χ0v) is 50.8. The Bertz CT molecular complexity index is 2230. The predicted molar refractivity (Wildman–Crippen MR) is 198 cm³/mol. The second-order valence-corrected chi connectivity index (χ2v) is 18.7. The van der Waals surface area contributed by atoms with Crippen molar-refractivity contribution < 1.29 is 280 Å². The molecule has 5 rings (SSSR count). The summed E-state index contributed by atoms with van der Waals surface area (Å²) in [7, 11) is -7.53. The molecule has 3 N–H and O–H groups in total. The molecule has 24 nitrogen and oxygen atoms in total. The zero-order chi connectivity index (χ0) is 43.2. The second kappa shape index (κ2) is 29.2. The Balaban J connectivity index is 0.00000496. The average Bonchev–Trinajstić information content (AvgIpc) is 3.88. The second-order valence-electron chi connectivity index (χ2n) is 13.5. The molecule has 0 aromatic carbocycles. The molecule has 6 unspecified atom stereocenters. The molecule has 1 aromatic rings. The molecule has 2 aliphatic heterocycles. The summed E-state index contributed by atoms with van der Waals surface area (Å²) in [5, 5.41) is 35.2. The minimum Gasteiger partial charge on any atom is -0.748 e. The van der Waals surface area contributed by atoms with Gasteiger partial charge in [-0.05, 0) is 69.2 Å². The SMILES string of the molecule is CNC(=O)C1=NN(C2CC(SOO[O-])CCC2S(=O)(=O)[O-])C(=O)\C1=C/C=C(/C=C/c1c(C(=O)NC)[nH]n(C2CC(SOO[O-])CCC2S(=O)(=O)[O-])c1=O)N1CCCC1=O.[K+].[K+].[K+].[K+]. The Morgan fingerprint density at radius 2 is 1.38 bits per heavy atom. The van der Waals surface area contributed by atoms with Crippen LogP contribution in [-0.4, -0.2) is 123 Å². The van der Waals surface area contributed by atoms with Gasteiger partial charge in [0.1, 0.15) is 5.69 Å². The maximum atomic E-state index is 14.0. The van der Waals surface area contributed by atoms with Crippen LogP contribution in [0.4, 0.5) is 0 Å². The first-order chi connectivity index (χ1) is 27.9. The number of nitrogens with zero attached hydrogens (tertiary/aromatic N) is 4. The van der Waals surface area contributed by atoms with Crippen LogP contribution in [0.25, 0.3) is 6.08 Å². The minimum atomic E-state index is -5.02. The van der Waals surface area contributed by atoms with Gasteiger partial charge in [-0.3, -0.25) is 39.1 Å². The van der Waals surface area contributed by atoms with Gasteiger partial charge in [-0.15, -0.1) is 0 Å². The van der Waals surface area contributed by atoms with E-state index in [2.05, 4.69) is 39.6 Å². The fourth-order valence-electron chi connectivity index (χ4n) is 7.42. The number of hydrogen-bond donors (Lipinski definition) is 3. The van der Waals surface area contributed by atoms with Gasteiger partial charge in [-0.2, -0.15) is 13.8 Å². The number of hydrazone groups is 1. The molecule has 63 heavy (non-hydrogen) atoms. The molecule has 3 fully saturated rings. The number of hydrogen-bond acceptors (Lipinski definition) is 20. The van der Waals surface area contributed by atoms with Gasteiger partial charge in [-0.25, -0.2) is 26.5 Å². The fourth-order valence-corrected chi connectivity index (χ4v) is 10.8. The van der Waals surface area contributed by atoms with Crippen molar-refractivity contribution in [2.24, 2.45) is 5.10 Å². The van der Waals surface area contributed by atoms with Gasteiger partial charge in [0.05, 0.1) is 54.0 Å². The summed E-state index contributed by atoms with van der Waals surface area (Å²) in [5.41, 5.74) is -2.45. The smallest absolute Gasteiger partial charge is 0.748 e. The molecule has 0 spiro atoms. The molecule has 32 heteroatoms. The molecule has 2 aliphatic carbocycles. The van der Waals surface area contributed by atoms with Crippen LogP contribution >= 0.6 is 24.1 Å². The molecule has 2 saturated carbocycles. The number of aromatic amines is 1.